The van der Waals surface area contributed by atoms with Gasteiger partial charge in [0.15, 0.2) is 6.29 Å². The SMILES string of the molecule is CON1C[C@H](OCC23C[C@@H]4[C@H](C)CC[C@H]4[C@@]4(C=O)C[C@@H]2C=C(C(C)C)[C@@]34C(=O)O)O[C@H](C)C1. The number of aldehydes is 1. The molecular formula is C26H39NO6. The third-order valence-corrected chi connectivity index (χ3v) is 10.1. The van der Waals surface area contributed by atoms with Gasteiger partial charge in [0.1, 0.15) is 11.7 Å². The van der Waals surface area contributed by atoms with Crippen LogP contribution in [0.4, 0.5) is 0 Å². The average Bonchev–Trinajstić information content (AvgIpc) is 3.34. The maximum Gasteiger partial charge on any atom is 0.315 e. The van der Waals surface area contributed by atoms with E-state index in [4.69, 9.17) is 14.3 Å². The number of hydrogen-bond acceptors (Lipinski definition) is 6. The lowest BCUT2D eigenvalue weighted by Gasteiger charge is -2.58. The van der Waals surface area contributed by atoms with E-state index in [0.29, 0.717) is 31.3 Å². The van der Waals surface area contributed by atoms with Gasteiger partial charge in [0.05, 0.1) is 38.3 Å². The van der Waals surface area contributed by atoms with E-state index in [9.17, 15) is 14.7 Å². The molecule has 0 aromatic rings. The highest BCUT2D eigenvalue weighted by atomic mass is 16.7. The van der Waals surface area contributed by atoms with Crippen LogP contribution in [0.3, 0.4) is 0 Å². The van der Waals surface area contributed by atoms with Gasteiger partial charge in [0, 0.05) is 5.41 Å². The summed E-state index contributed by atoms with van der Waals surface area (Å²) in [6.45, 7) is 9.83. The first-order valence-corrected chi connectivity index (χ1v) is 12.6. The molecule has 5 aliphatic rings. The number of carboxylic acid groups (broad SMARTS) is 1. The zero-order chi connectivity index (χ0) is 23.8. The number of allylic oxidation sites excluding steroid dienone is 1. The lowest BCUT2D eigenvalue weighted by atomic mass is 9.43. The summed E-state index contributed by atoms with van der Waals surface area (Å²) in [4.78, 5) is 31.9. The molecule has 4 fully saturated rings. The van der Waals surface area contributed by atoms with Gasteiger partial charge in [-0.05, 0) is 55.8 Å². The van der Waals surface area contributed by atoms with E-state index in [0.717, 1.165) is 31.1 Å². The number of morpholine rings is 1. The van der Waals surface area contributed by atoms with Gasteiger partial charge in [0.25, 0.3) is 0 Å². The van der Waals surface area contributed by atoms with Crippen LogP contribution in [0.25, 0.3) is 0 Å². The molecule has 0 aromatic heterocycles. The topological polar surface area (TPSA) is 85.3 Å². The fourth-order valence-corrected chi connectivity index (χ4v) is 8.99. The number of carboxylic acids is 1. The lowest BCUT2D eigenvalue weighted by Crippen LogP contribution is -2.64. The van der Waals surface area contributed by atoms with Crippen LogP contribution < -0.4 is 0 Å². The number of aliphatic carboxylic acids is 1. The first-order valence-electron chi connectivity index (χ1n) is 12.6. The van der Waals surface area contributed by atoms with E-state index < -0.39 is 28.5 Å². The molecule has 7 nitrogen and oxygen atoms in total. The normalized spacial score (nSPS) is 48.7. The average molecular weight is 462 g/mol. The quantitative estimate of drug-likeness (QED) is 0.458. The van der Waals surface area contributed by atoms with E-state index in [2.05, 4.69) is 26.8 Å². The second-order valence-corrected chi connectivity index (χ2v) is 11.7. The van der Waals surface area contributed by atoms with Crippen molar-refractivity contribution >= 4 is 12.3 Å². The molecule has 4 bridgehead atoms. The smallest absolute Gasteiger partial charge is 0.315 e. The van der Waals surface area contributed by atoms with E-state index in [1.165, 1.54) is 0 Å². The minimum absolute atomic E-state index is 0.0357. The van der Waals surface area contributed by atoms with Crippen molar-refractivity contribution in [1.82, 2.24) is 5.06 Å². The molecule has 1 aliphatic heterocycles. The summed E-state index contributed by atoms with van der Waals surface area (Å²) in [6.07, 6.45) is 6.18. The van der Waals surface area contributed by atoms with Crippen molar-refractivity contribution in [2.24, 2.45) is 45.8 Å². The molecule has 3 saturated carbocycles. The molecule has 7 heteroatoms. The first-order chi connectivity index (χ1) is 15.7. The van der Waals surface area contributed by atoms with Gasteiger partial charge in [0.2, 0.25) is 0 Å². The molecule has 0 spiro atoms. The van der Waals surface area contributed by atoms with Crippen molar-refractivity contribution in [3.8, 4) is 0 Å². The lowest BCUT2D eigenvalue weighted by molar-refractivity contribution is -0.284. The summed E-state index contributed by atoms with van der Waals surface area (Å²) in [6, 6.07) is 0. The Hall–Kier alpha value is -1.28. The van der Waals surface area contributed by atoms with E-state index in [1.807, 2.05) is 12.0 Å². The standard InChI is InChI=1S/C26H39NO6/c1-15(2)21-8-18-9-24(13-28)20-7-6-16(3)19(20)10-25(18,26(21,24)23(29)30)14-32-22-12-27(31-5)11-17(4)33-22/h8,13,15-20,22H,6-7,9-12,14H2,1-5H3,(H,29,30)/t16-,17-,18+,19-,20-,22-,24+,25?,26+/m1/s1. The second-order valence-electron chi connectivity index (χ2n) is 11.7. The Labute approximate surface area is 196 Å². The van der Waals surface area contributed by atoms with Gasteiger partial charge in [-0.2, -0.15) is 5.06 Å². The van der Waals surface area contributed by atoms with Crippen molar-refractivity contribution < 1.29 is 29.0 Å². The highest BCUT2D eigenvalue weighted by molar-refractivity contribution is 5.90. The van der Waals surface area contributed by atoms with Crippen LogP contribution >= 0.6 is 0 Å². The number of nitrogens with zero attached hydrogens (tertiary/aromatic N) is 1. The van der Waals surface area contributed by atoms with Gasteiger partial charge in [-0.25, -0.2) is 0 Å². The predicted molar refractivity (Wildman–Crippen MR) is 121 cm³/mol. The van der Waals surface area contributed by atoms with Crippen molar-refractivity contribution in [3.05, 3.63) is 11.6 Å². The first kappa shape index (κ1) is 23.5. The largest absolute Gasteiger partial charge is 0.481 e. The van der Waals surface area contributed by atoms with Gasteiger partial charge in [-0.3, -0.25) is 4.79 Å². The zero-order valence-corrected chi connectivity index (χ0v) is 20.6. The molecule has 1 heterocycles. The van der Waals surface area contributed by atoms with Gasteiger partial charge in [-0.15, -0.1) is 0 Å². The molecule has 9 atom stereocenters. The molecule has 1 saturated heterocycles. The maximum absolute atomic E-state index is 13.4. The van der Waals surface area contributed by atoms with Crippen LogP contribution in [-0.2, 0) is 23.9 Å². The molecule has 0 amide bonds. The van der Waals surface area contributed by atoms with E-state index >= 15 is 0 Å². The van der Waals surface area contributed by atoms with Gasteiger partial charge >= 0.3 is 5.97 Å². The van der Waals surface area contributed by atoms with Gasteiger partial charge < -0.3 is 24.2 Å². The zero-order valence-electron chi connectivity index (χ0n) is 20.6. The van der Waals surface area contributed by atoms with E-state index in [1.54, 1.807) is 7.11 Å². The van der Waals surface area contributed by atoms with Gasteiger partial charge in [-0.1, -0.05) is 38.8 Å². The molecule has 5 rings (SSSR count). The number of carbonyl (C=O) groups excluding carboxylic acids is 1. The fourth-order valence-electron chi connectivity index (χ4n) is 8.99. The molecule has 0 radical (unpaired) electrons. The van der Waals surface area contributed by atoms with Crippen LogP contribution in [-0.4, -0.2) is 61.6 Å². The number of hydrogen-bond donors (Lipinski definition) is 1. The Morgan fingerprint density at radius 2 is 2.06 bits per heavy atom. The second kappa shape index (κ2) is 7.87. The number of carbonyl (C=O) groups is 2. The van der Waals surface area contributed by atoms with Crippen molar-refractivity contribution in [2.45, 2.75) is 65.8 Å². The molecule has 4 aliphatic carbocycles. The molecule has 1 unspecified atom stereocenters. The summed E-state index contributed by atoms with van der Waals surface area (Å²) < 4.78 is 12.5. The van der Waals surface area contributed by atoms with E-state index in [-0.39, 0.29) is 30.5 Å². The maximum atomic E-state index is 13.4. The molecule has 184 valence electrons. The number of rotatable bonds is 7. The van der Waals surface area contributed by atoms with Crippen molar-refractivity contribution in [1.29, 1.82) is 0 Å². The Bertz CT molecular complexity index is 858. The van der Waals surface area contributed by atoms with Crippen LogP contribution in [0, 0.1) is 45.8 Å². The fraction of sp³-hybridized carbons (Fsp3) is 0.846. The summed E-state index contributed by atoms with van der Waals surface area (Å²) in [5, 5.41) is 12.8. The monoisotopic (exact) mass is 461 g/mol. The molecule has 33 heavy (non-hydrogen) atoms. The van der Waals surface area contributed by atoms with Crippen LogP contribution in [0.5, 0.6) is 0 Å². The van der Waals surface area contributed by atoms with Crippen molar-refractivity contribution in [3.63, 3.8) is 0 Å². The third kappa shape index (κ3) is 2.82. The highest BCUT2D eigenvalue weighted by Crippen LogP contribution is 2.82. The third-order valence-electron chi connectivity index (χ3n) is 10.1. The summed E-state index contributed by atoms with van der Waals surface area (Å²) in [5.41, 5.74) is -1.74. The van der Waals surface area contributed by atoms with Crippen LogP contribution in [0.1, 0.15) is 53.4 Å². The minimum atomic E-state index is -1.20. The molecule has 1 N–H and O–H groups in total. The summed E-state index contributed by atoms with van der Waals surface area (Å²) in [7, 11) is 1.64. The minimum Gasteiger partial charge on any atom is -0.481 e. The van der Waals surface area contributed by atoms with Crippen LogP contribution in [0.2, 0.25) is 0 Å². The summed E-state index contributed by atoms with van der Waals surface area (Å²) in [5.74, 6) is 0.251. The van der Waals surface area contributed by atoms with Crippen molar-refractivity contribution in [2.75, 3.05) is 26.8 Å². The number of hydroxylamine groups is 2. The predicted octanol–water partition coefficient (Wildman–Crippen LogP) is 3.54. The van der Waals surface area contributed by atoms with Crippen LogP contribution in [0.15, 0.2) is 11.6 Å². The Balaban J connectivity index is 1.58. The Morgan fingerprint density at radius 1 is 1.30 bits per heavy atom. The molecule has 0 aromatic carbocycles. The Kier molecular flexibility index (Phi) is 5.59. The Morgan fingerprint density at radius 3 is 2.70 bits per heavy atom. The highest BCUT2D eigenvalue weighted by Gasteiger charge is 2.84. The number of fused-ring (bicyclic) bond motifs is 2. The summed E-state index contributed by atoms with van der Waals surface area (Å²) >= 11 is 0. The molecular weight excluding hydrogens is 422 g/mol. The number of ether oxygens (including phenoxy) is 2.